The van der Waals surface area contributed by atoms with E-state index in [-0.39, 0.29) is 22.8 Å². The predicted octanol–water partition coefficient (Wildman–Crippen LogP) is 2.30. The number of methoxy groups -OCH3 is 3. The summed E-state index contributed by atoms with van der Waals surface area (Å²) in [4.78, 5) is 12.0. The zero-order chi connectivity index (χ0) is 17.7. The molecule has 0 spiro atoms. The van der Waals surface area contributed by atoms with Crippen LogP contribution in [0.2, 0.25) is 0 Å². The van der Waals surface area contributed by atoms with Crippen LogP contribution in [-0.4, -0.2) is 37.5 Å². The summed E-state index contributed by atoms with van der Waals surface area (Å²) in [6.45, 7) is 0. The molecule has 2 N–H and O–H groups in total. The minimum absolute atomic E-state index is 0.177. The van der Waals surface area contributed by atoms with Crippen molar-refractivity contribution in [3.63, 3.8) is 0 Å². The van der Waals surface area contributed by atoms with E-state index in [9.17, 15) is 15.0 Å². The summed E-state index contributed by atoms with van der Waals surface area (Å²) in [5.74, 6) is 5.29. The lowest BCUT2D eigenvalue weighted by Gasteiger charge is -2.11. The van der Waals surface area contributed by atoms with Crippen LogP contribution in [0.1, 0.15) is 21.5 Å². The van der Waals surface area contributed by atoms with Crippen molar-refractivity contribution < 1.29 is 29.2 Å². The van der Waals surface area contributed by atoms with Gasteiger partial charge in [-0.3, -0.25) is 0 Å². The summed E-state index contributed by atoms with van der Waals surface area (Å²) >= 11 is 0. The van der Waals surface area contributed by atoms with Gasteiger partial charge in [0.2, 0.25) is 0 Å². The van der Waals surface area contributed by atoms with Crippen LogP contribution in [0.3, 0.4) is 0 Å². The number of phenols is 2. The maximum atomic E-state index is 12.0. The Labute approximate surface area is 139 Å². The monoisotopic (exact) mass is 328 g/mol. The highest BCUT2D eigenvalue weighted by atomic mass is 16.5. The zero-order valence-electron chi connectivity index (χ0n) is 13.4. The minimum atomic E-state index is -0.590. The molecule has 0 fully saturated rings. The number of benzene rings is 2. The molecule has 0 saturated carbocycles. The first-order valence-corrected chi connectivity index (χ1v) is 6.88. The smallest absolute Gasteiger partial charge is 0.342 e. The largest absolute Gasteiger partial charge is 0.504 e. The van der Waals surface area contributed by atoms with Crippen LogP contribution < -0.4 is 9.47 Å². The maximum absolute atomic E-state index is 12.0. The van der Waals surface area contributed by atoms with Gasteiger partial charge in [-0.05, 0) is 24.3 Å². The van der Waals surface area contributed by atoms with Gasteiger partial charge in [-0.2, -0.15) is 0 Å². The standard InChI is InChI=1S/C18H16O6/c1-22-13-9-12(17(18(21)24-3)16(10-13)23-2)6-4-11-5-7-14(19)15(20)8-11/h5,7-10,19-20H,1-3H3. The van der Waals surface area contributed by atoms with E-state index in [1.807, 2.05) is 0 Å². The Morgan fingerprint density at radius 3 is 2.29 bits per heavy atom. The summed E-state index contributed by atoms with van der Waals surface area (Å²) in [6.07, 6.45) is 0. The molecule has 2 rings (SSSR count). The summed E-state index contributed by atoms with van der Waals surface area (Å²) in [5, 5.41) is 18.8. The number of hydrogen-bond donors (Lipinski definition) is 2. The molecule has 0 saturated heterocycles. The molecule has 24 heavy (non-hydrogen) atoms. The van der Waals surface area contributed by atoms with Gasteiger partial charge in [0.05, 0.1) is 21.3 Å². The lowest BCUT2D eigenvalue weighted by atomic mass is 10.0. The molecule has 0 heterocycles. The molecule has 0 aromatic heterocycles. The van der Waals surface area contributed by atoms with E-state index in [2.05, 4.69) is 11.8 Å². The molecule has 6 heteroatoms. The zero-order valence-corrected chi connectivity index (χ0v) is 13.4. The van der Waals surface area contributed by atoms with Crippen LogP contribution in [0.15, 0.2) is 30.3 Å². The Morgan fingerprint density at radius 1 is 0.958 bits per heavy atom. The third kappa shape index (κ3) is 3.52. The number of aromatic hydroxyl groups is 2. The van der Waals surface area contributed by atoms with E-state index in [1.165, 1.54) is 39.5 Å². The highest BCUT2D eigenvalue weighted by Crippen LogP contribution is 2.29. The van der Waals surface area contributed by atoms with Crippen LogP contribution in [0.5, 0.6) is 23.0 Å². The van der Waals surface area contributed by atoms with Gasteiger partial charge < -0.3 is 24.4 Å². The van der Waals surface area contributed by atoms with E-state index >= 15 is 0 Å². The van der Waals surface area contributed by atoms with Crippen LogP contribution in [0.25, 0.3) is 0 Å². The Bertz CT molecular complexity index is 829. The number of rotatable bonds is 3. The number of carbonyl (C=O) groups excluding carboxylic acids is 1. The van der Waals surface area contributed by atoms with Gasteiger partial charge in [-0.25, -0.2) is 4.79 Å². The minimum Gasteiger partial charge on any atom is -0.504 e. The van der Waals surface area contributed by atoms with Gasteiger partial charge in [0.15, 0.2) is 11.5 Å². The fourth-order valence-electron chi connectivity index (χ4n) is 2.02. The molecule has 0 atom stereocenters. The number of carbonyl (C=O) groups is 1. The van der Waals surface area contributed by atoms with Gasteiger partial charge in [-0.15, -0.1) is 0 Å². The molecule has 0 amide bonds. The van der Waals surface area contributed by atoms with E-state index in [4.69, 9.17) is 14.2 Å². The SMILES string of the molecule is COC(=O)c1c(C#Cc2ccc(O)c(O)c2)cc(OC)cc1OC. The third-order valence-electron chi connectivity index (χ3n) is 3.24. The third-order valence-corrected chi connectivity index (χ3v) is 3.24. The number of phenolic OH excluding ortho intramolecular Hbond substituents is 2. The lowest BCUT2D eigenvalue weighted by Crippen LogP contribution is -2.07. The van der Waals surface area contributed by atoms with E-state index in [1.54, 1.807) is 12.1 Å². The average Bonchev–Trinajstić information content (AvgIpc) is 2.61. The van der Waals surface area contributed by atoms with E-state index < -0.39 is 5.97 Å². The quantitative estimate of drug-likeness (QED) is 0.511. The Kier molecular flexibility index (Phi) is 5.17. The molecule has 0 bridgehead atoms. The van der Waals surface area contributed by atoms with Crippen molar-refractivity contribution in [1.82, 2.24) is 0 Å². The predicted molar refractivity (Wildman–Crippen MR) is 86.6 cm³/mol. The van der Waals surface area contributed by atoms with E-state index in [0.29, 0.717) is 16.9 Å². The highest BCUT2D eigenvalue weighted by molar-refractivity contribution is 5.95. The summed E-state index contributed by atoms with van der Waals surface area (Å²) in [7, 11) is 4.18. The molecular weight excluding hydrogens is 312 g/mol. The van der Waals surface area contributed by atoms with Crippen molar-refractivity contribution in [2.24, 2.45) is 0 Å². The van der Waals surface area contributed by atoms with Crippen molar-refractivity contribution in [2.45, 2.75) is 0 Å². The molecule has 124 valence electrons. The van der Waals surface area contributed by atoms with Crippen LogP contribution in [0.4, 0.5) is 0 Å². The Hall–Kier alpha value is -3.33. The summed E-state index contributed by atoms with van der Waals surface area (Å²) < 4.78 is 15.2. The van der Waals surface area contributed by atoms with Gasteiger partial charge >= 0.3 is 5.97 Å². The number of ether oxygens (including phenoxy) is 3. The number of esters is 1. The lowest BCUT2D eigenvalue weighted by molar-refractivity contribution is 0.0596. The van der Waals surface area contributed by atoms with Crippen molar-refractivity contribution in [1.29, 1.82) is 0 Å². The fraction of sp³-hybridized carbons (Fsp3) is 0.167. The van der Waals surface area contributed by atoms with Crippen LogP contribution >= 0.6 is 0 Å². The van der Waals surface area contributed by atoms with Gasteiger partial charge in [0.25, 0.3) is 0 Å². The van der Waals surface area contributed by atoms with Crippen LogP contribution in [0, 0.1) is 11.8 Å². The fourth-order valence-corrected chi connectivity index (χ4v) is 2.02. The molecule has 0 radical (unpaired) electrons. The van der Waals surface area contributed by atoms with Crippen molar-refractivity contribution in [2.75, 3.05) is 21.3 Å². The second kappa shape index (κ2) is 7.29. The summed E-state index contributed by atoms with van der Waals surface area (Å²) in [6, 6.07) is 7.33. The molecule has 0 aliphatic carbocycles. The first kappa shape index (κ1) is 17.0. The van der Waals surface area contributed by atoms with E-state index in [0.717, 1.165) is 0 Å². The average molecular weight is 328 g/mol. The number of hydrogen-bond acceptors (Lipinski definition) is 6. The van der Waals surface area contributed by atoms with Gasteiger partial charge in [-0.1, -0.05) is 11.8 Å². The maximum Gasteiger partial charge on any atom is 0.342 e. The Balaban J connectivity index is 2.58. The molecular formula is C18H16O6. The molecule has 0 unspecified atom stereocenters. The van der Waals surface area contributed by atoms with Crippen molar-refractivity contribution in [3.8, 4) is 34.8 Å². The van der Waals surface area contributed by atoms with Crippen molar-refractivity contribution in [3.05, 3.63) is 47.0 Å². The first-order chi connectivity index (χ1) is 11.5. The molecule has 6 nitrogen and oxygen atoms in total. The summed E-state index contributed by atoms with van der Waals surface area (Å²) in [5.41, 5.74) is 0.991. The highest BCUT2D eigenvalue weighted by Gasteiger charge is 2.19. The second-order valence-electron chi connectivity index (χ2n) is 4.70. The van der Waals surface area contributed by atoms with Gasteiger partial charge in [0, 0.05) is 17.2 Å². The van der Waals surface area contributed by atoms with Crippen molar-refractivity contribution >= 4 is 5.97 Å². The topological polar surface area (TPSA) is 85.2 Å². The van der Waals surface area contributed by atoms with Crippen LogP contribution in [-0.2, 0) is 4.74 Å². The molecule has 0 aliphatic rings. The molecule has 2 aromatic carbocycles. The first-order valence-electron chi connectivity index (χ1n) is 6.88. The van der Waals surface area contributed by atoms with Gasteiger partial charge in [0.1, 0.15) is 17.1 Å². The molecule has 2 aromatic rings. The molecule has 0 aliphatic heterocycles. The Morgan fingerprint density at radius 2 is 1.71 bits per heavy atom. The normalized spacial score (nSPS) is 9.62. The second-order valence-corrected chi connectivity index (χ2v) is 4.70.